The molecule has 15 heteroatoms. The Bertz CT molecular complexity index is 1670. The predicted octanol–water partition coefficient (Wildman–Crippen LogP) is 6.24. The number of aromatic nitrogens is 1. The zero-order valence-electron chi connectivity index (χ0n) is 22.9. The summed E-state index contributed by atoms with van der Waals surface area (Å²) in [6.45, 7) is -2.78. The van der Waals surface area contributed by atoms with Gasteiger partial charge in [0.15, 0.2) is 16.9 Å². The van der Waals surface area contributed by atoms with Gasteiger partial charge in [0.1, 0.15) is 17.1 Å². The summed E-state index contributed by atoms with van der Waals surface area (Å²) in [6.07, 6.45) is 3.52. The lowest BCUT2D eigenvalue weighted by atomic mass is 10.0. The Morgan fingerprint density at radius 2 is 1.86 bits per heavy atom. The van der Waals surface area contributed by atoms with Crippen molar-refractivity contribution in [2.75, 3.05) is 18.9 Å². The molecule has 1 saturated carbocycles. The maximum absolute atomic E-state index is 13.7. The number of pyridine rings is 1. The van der Waals surface area contributed by atoms with Crippen molar-refractivity contribution in [3.63, 3.8) is 0 Å². The van der Waals surface area contributed by atoms with Crippen molar-refractivity contribution in [2.24, 2.45) is 5.92 Å². The molecule has 0 spiro atoms. The molecular formula is C29H25Cl2F2N3O6S2. The maximum atomic E-state index is 13.7. The van der Waals surface area contributed by atoms with E-state index < -0.39 is 34.1 Å². The molecular weight excluding hydrogens is 659 g/mol. The minimum Gasteiger partial charge on any atom is -0.489 e. The summed E-state index contributed by atoms with van der Waals surface area (Å²) in [5.41, 5.74) is 0.698. The lowest BCUT2D eigenvalue weighted by Gasteiger charge is -2.26. The van der Waals surface area contributed by atoms with Gasteiger partial charge in [0.25, 0.3) is 0 Å². The number of ether oxygens (including phenoxy) is 3. The van der Waals surface area contributed by atoms with E-state index in [0.717, 1.165) is 28.9 Å². The molecule has 1 saturated heterocycles. The molecule has 1 aromatic heterocycles. The summed E-state index contributed by atoms with van der Waals surface area (Å²) >= 11 is 13.8. The Morgan fingerprint density at radius 3 is 2.55 bits per heavy atom. The Hall–Kier alpha value is -3.15. The first-order valence-electron chi connectivity index (χ1n) is 13.4. The molecule has 3 aromatic rings. The first-order valence-corrected chi connectivity index (χ1v) is 16.7. The van der Waals surface area contributed by atoms with Gasteiger partial charge in [0.05, 0.1) is 22.2 Å². The van der Waals surface area contributed by atoms with Crippen LogP contribution >= 0.6 is 35.0 Å². The molecule has 5 rings (SSSR count). The molecule has 0 N–H and O–H groups in total. The monoisotopic (exact) mass is 683 g/mol. The third-order valence-electron chi connectivity index (χ3n) is 6.97. The minimum atomic E-state index is -4.25. The minimum absolute atomic E-state index is 0.0119. The summed E-state index contributed by atoms with van der Waals surface area (Å²) in [7, 11) is -4.25. The highest BCUT2D eigenvalue weighted by Crippen LogP contribution is 2.39. The average molecular weight is 685 g/mol. The summed E-state index contributed by atoms with van der Waals surface area (Å²) < 4.78 is 70.9. The van der Waals surface area contributed by atoms with Gasteiger partial charge in [-0.2, -0.15) is 18.3 Å². The van der Waals surface area contributed by atoms with Crippen molar-refractivity contribution in [3.05, 3.63) is 81.6 Å². The fraction of sp³-hybridized carbons (Fsp3) is 0.345. The Balaban J connectivity index is 1.47. The van der Waals surface area contributed by atoms with Gasteiger partial charge < -0.3 is 14.2 Å². The zero-order valence-corrected chi connectivity index (χ0v) is 26.0. The second-order valence-corrected chi connectivity index (χ2v) is 13.9. The van der Waals surface area contributed by atoms with Crippen molar-refractivity contribution >= 4 is 51.0 Å². The van der Waals surface area contributed by atoms with Gasteiger partial charge in [-0.25, -0.2) is 13.2 Å². The topological polar surface area (TPSA) is 119 Å². The molecule has 2 unspecified atom stereocenters. The SMILES string of the molecule is N#Cc1ccccc1S(=O)(=O)N1CCSC1C(=O)OC(Cc1c(Cl)cncc1Cl)c1ccc(OC(F)F)c(OCC2CC2)c1. The molecule has 2 fully saturated rings. The molecule has 0 bridgehead atoms. The van der Waals surface area contributed by atoms with Crippen molar-refractivity contribution in [1.29, 1.82) is 5.26 Å². The highest BCUT2D eigenvalue weighted by molar-refractivity contribution is 8.02. The first-order chi connectivity index (χ1) is 21.1. The van der Waals surface area contributed by atoms with Crippen LogP contribution in [0.1, 0.15) is 35.6 Å². The third-order valence-corrected chi connectivity index (χ3v) is 10.9. The molecule has 2 heterocycles. The number of carbonyl (C=O) groups is 1. The van der Waals surface area contributed by atoms with Crippen LogP contribution in [0.2, 0.25) is 10.0 Å². The van der Waals surface area contributed by atoms with Gasteiger partial charge in [0.2, 0.25) is 10.0 Å². The van der Waals surface area contributed by atoms with Crippen LogP contribution in [0.4, 0.5) is 8.78 Å². The van der Waals surface area contributed by atoms with E-state index in [4.69, 9.17) is 32.7 Å². The van der Waals surface area contributed by atoms with Crippen LogP contribution in [-0.4, -0.2) is 54.6 Å². The van der Waals surface area contributed by atoms with E-state index in [9.17, 15) is 27.3 Å². The Kier molecular flexibility index (Phi) is 10.2. The zero-order chi connectivity index (χ0) is 31.4. The molecule has 2 aromatic carbocycles. The Morgan fingerprint density at radius 1 is 1.14 bits per heavy atom. The first kappa shape index (κ1) is 32.2. The molecule has 1 aliphatic heterocycles. The number of nitrogens with zero attached hydrogens (tertiary/aromatic N) is 3. The van der Waals surface area contributed by atoms with Crippen LogP contribution in [0.25, 0.3) is 0 Å². The summed E-state index contributed by atoms with van der Waals surface area (Å²) in [4.78, 5) is 17.4. The van der Waals surface area contributed by atoms with E-state index in [1.54, 1.807) is 6.07 Å². The summed E-state index contributed by atoms with van der Waals surface area (Å²) in [5, 5.41) is 8.62. The number of esters is 1. The van der Waals surface area contributed by atoms with Gasteiger partial charge in [0, 0.05) is 31.1 Å². The van der Waals surface area contributed by atoms with E-state index in [0.29, 0.717) is 29.4 Å². The van der Waals surface area contributed by atoms with Gasteiger partial charge in [-0.15, -0.1) is 11.8 Å². The molecule has 9 nitrogen and oxygen atoms in total. The summed E-state index contributed by atoms with van der Waals surface area (Å²) in [6, 6.07) is 11.8. The number of alkyl halides is 2. The van der Waals surface area contributed by atoms with Crippen molar-refractivity contribution < 1.29 is 36.2 Å². The van der Waals surface area contributed by atoms with Crippen LogP contribution in [-0.2, 0) is 26.0 Å². The number of hydrogen-bond donors (Lipinski definition) is 0. The smallest absolute Gasteiger partial charge is 0.387 e. The quantitative estimate of drug-likeness (QED) is 0.204. The van der Waals surface area contributed by atoms with Gasteiger partial charge in [-0.3, -0.25) is 4.98 Å². The average Bonchev–Trinajstić information content (AvgIpc) is 3.69. The predicted molar refractivity (Wildman–Crippen MR) is 159 cm³/mol. The lowest BCUT2D eigenvalue weighted by Crippen LogP contribution is -2.41. The van der Waals surface area contributed by atoms with Crippen molar-refractivity contribution in [3.8, 4) is 17.6 Å². The van der Waals surface area contributed by atoms with Crippen LogP contribution in [0, 0.1) is 17.2 Å². The normalized spacial score (nSPS) is 17.7. The maximum Gasteiger partial charge on any atom is 0.387 e. The van der Waals surface area contributed by atoms with Crippen molar-refractivity contribution in [1.82, 2.24) is 9.29 Å². The second-order valence-electron chi connectivity index (χ2n) is 10.00. The third kappa shape index (κ3) is 7.38. The number of halogens is 4. The standard InChI is InChI=1S/C29H25Cl2F2N3O6S2/c30-21-14-35-15-22(31)20(21)12-24(18-7-8-23(42-29(32)33)25(11-18)40-16-17-5-6-17)41-28(37)27-36(9-10-43-27)44(38,39)26-4-2-1-3-19(26)13-34/h1-4,7-8,11,14-15,17,24,27,29H,5-6,9-10,12,16H2. The number of thioether (sulfide) groups is 1. The van der Waals surface area contributed by atoms with E-state index >= 15 is 0 Å². The fourth-order valence-electron chi connectivity index (χ4n) is 4.56. The molecule has 232 valence electrons. The van der Waals surface area contributed by atoms with E-state index in [1.807, 2.05) is 6.07 Å². The Labute approximate surface area is 267 Å². The highest BCUT2D eigenvalue weighted by atomic mass is 35.5. The highest BCUT2D eigenvalue weighted by Gasteiger charge is 2.43. The van der Waals surface area contributed by atoms with Crippen LogP contribution in [0.15, 0.2) is 59.8 Å². The van der Waals surface area contributed by atoms with Crippen molar-refractivity contribution in [2.45, 2.75) is 42.2 Å². The number of benzene rings is 2. The molecule has 0 amide bonds. The lowest BCUT2D eigenvalue weighted by molar-refractivity contribution is -0.150. The molecule has 1 aliphatic carbocycles. The number of sulfonamides is 1. The number of carbonyl (C=O) groups excluding carboxylic acids is 1. The second kappa shape index (κ2) is 13.9. The number of nitriles is 1. The van der Waals surface area contributed by atoms with Gasteiger partial charge in [-0.1, -0.05) is 41.4 Å². The molecule has 0 radical (unpaired) electrons. The van der Waals surface area contributed by atoms with Gasteiger partial charge >= 0.3 is 12.6 Å². The van der Waals surface area contributed by atoms with E-state index in [2.05, 4.69) is 9.72 Å². The summed E-state index contributed by atoms with van der Waals surface area (Å²) in [5.74, 6) is -0.409. The molecule has 44 heavy (non-hydrogen) atoms. The molecule has 2 aliphatic rings. The van der Waals surface area contributed by atoms with E-state index in [1.165, 1.54) is 48.8 Å². The largest absolute Gasteiger partial charge is 0.489 e. The number of rotatable bonds is 12. The number of hydrogen-bond acceptors (Lipinski definition) is 9. The van der Waals surface area contributed by atoms with Gasteiger partial charge in [-0.05, 0) is 54.2 Å². The van der Waals surface area contributed by atoms with Crippen LogP contribution in [0.3, 0.4) is 0 Å². The van der Waals surface area contributed by atoms with Crippen LogP contribution < -0.4 is 9.47 Å². The fourth-order valence-corrected chi connectivity index (χ4v) is 8.27. The molecule has 2 atom stereocenters. The van der Waals surface area contributed by atoms with E-state index in [-0.39, 0.29) is 45.0 Å². The van der Waals surface area contributed by atoms with Crippen LogP contribution in [0.5, 0.6) is 11.5 Å².